The Kier molecular flexibility index (Phi) is 24.7. The van der Waals surface area contributed by atoms with E-state index in [1.165, 1.54) is 77.0 Å². The molecule has 0 spiro atoms. The maximum atomic E-state index is 9.50. The third kappa shape index (κ3) is 19.9. The predicted octanol–water partition coefficient (Wildman–Crippen LogP) is 5.93. The van der Waals surface area contributed by atoms with E-state index in [1.807, 2.05) is 0 Å². The molecule has 38 heavy (non-hydrogen) atoms. The molecule has 230 valence electrons. The van der Waals surface area contributed by atoms with Crippen LogP contribution in [0.2, 0.25) is 5.54 Å². The number of hydrogen-bond acceptors (Lipinski definition) is 6. The molecule has 0 aliphatic rings. The molecule has 0 aromatic heterocycles. The number of nitrogens with zero attached hydrogens (tertiary/aromatic N) is 1. The molecule has 0 fully saturated rings. The van der Waals surface area contributed by atoms with E-state index in [9.17, 15) is 15.3 Å². The standard InChI is InChI=1S/C30H66NO6Si/c1-6-7-8-9-10-11-12-13-14-15-16-17-18-19-30(20-21-31(4,5)28-29(2)3)38(35-25-22-32,36-26-23-33)37-27-24-34/h29-30,32-34H,6-28H2,1-5H3/q+1. The summed E-state index contributed by atoms with van der Waals surface area (Å²) in [6, 6.07) is 0. The van der Waals surface area contributed by atoms with Crippen molar-refractivity contribution in [2.75, 3.05) is 66.8 Å². The van der Waals surface area contributed by atoms with Crippen LogP contribution in [0.15, 0.2) is 0 Å². The molecule has 0 bridgehead atoms. The van der Waals surface area contributed by atoms with Gasteiger partial charge < -0.3 is 33.1 Å². The molecule has 0 rings (SSSR count). The van der Waals surface area contributed by atoms with E-state index >= 15 is 0 Å². The summed E-state index contributed by atoms with van der Waals surface area (Å²) in [4.78, 5) is 0. The minimum absolute atomic E-state index is 0.0735. The summed E-state index contributed by atoms with van der Waals surface area (Å²) < 4.78 is 19.4. The zero-order valence-corrected chi connectivity index (χ0v) is 26.9. The number of rotatable bonds is 29. The van der Waals surface area contributed by atoms with Gasteiger partial charge in [-0.15, -0.1) is 0 Å². The zero-order valence-electron chi connectivity index (χ0n) is 25.9. The van der Waals surface area contributed by atoms with Gasteiger partial charge in [0.05, 0.1) is 66.8 Å². The average molecular weight is 565 g/mol. The first-order valence-corrected chi connectivity index (χ1v) is 17.6. The Morgan fingerprint density at radius 2 is 1.00 bits per heavy atom. The van der Waals surface area contributed by atoms with Crippen LogP contribution in [0.5, 0.6) is 0 Å². The van der Waals surface area contributed by atoms with Crippen molar-refractivity contribution in [1.82, 2.24) is 0 Å². The Bertz CT molecular complexity index is 487. The number of aliphatic hydroxyl groups excluding tert-OH is 3. The van der Waals surface area contributed by atoms with Gasteiger partial charge in [0.15, 0.2) is 0 Å². The number of aliphatic hydroxyl groups is 3. The first-order chi connectivity index (χ1) is 18.3. The Labute approximate surface area is 237 Å². The van der Waals surface area contributed by atoms with Gasteiger partial charge in [-0.3, -0.25) is 0 Å². The molecule has 8 heteroatoms. The molecule has 0 amide bonds. The molecular weight excluding hydrogens is 498 g/mol. The van der Waals surface area contributed by atoms with Gasteiger partial charge in [-0.25, -0.2) is 0 Å². The van der Waals surface area contributed by atoms with Crippen LogP contribution >= 0.6 is 0 Å². The lowest BCUT2D eigenvalue weighted by atomic mass is 10.0. The second-order valence-corrected chi connectivity index (χ2v) is 15.0. The van der Waals surface area contributed by atoms with Crippen molar-refractivity contribution in [3.8, 4) is 0 Å². The van der Waals surface area contributed by atoms with Gasteiger partial charge in [0.2, 0.25) is 0 Å². The van der Waals surface area contributed by atoms with E-state index in [1.54, 1.807) is 0 Å². The molecule has 0 heterocycles. The summed E-state index contributed by atoms with van der Waals surface area (Å²) in [5, 5.41) is 28.5. The maximum Gasteiger partial charge on any atom is 0.504 e. The van der Waals surface area contributed by atoms with E-state index < -0.39 is 8.80 Å². The van der Waals surface area contributed by atoms with Crippen LogP contribution in [-0.4, -0.2) is 95.4 Å². The van der Waals surface area contributed by atoms with E-state index in [2.05, 4.69) is 34.9 Å². The molecule has 0 saturated heterocycles. The lowest BCUT2D eigenvalue weighted by Crippen LogP contribution is -2.53. The minimum atomic E-state index is -3.22. The van der Waals surface area contributed by atoms with Crippen molar-refractivity contribution in [1.29, 1.82) is 0 Å². The summed E-state index contributed by atoms with van der Waals surface area (Å²) in [5.41, 5.74) is 0.0735. The van der Waals surface area contributed by atoms with Crippen molar-refractivity contribution < 1.29 is 33.1 Å². The van der Waals surface area contributed by atoms with E-state index in [0.717, 1.165) is 36.8 Å². The van der Waals surface area contributed by atoms with Gasteiger partial charge in [-0.05, 0) is 6.42 Å². The van der Waals surface area contributed by atoms with Crippen LogP contribution in [-0.2, 0) is 13.3 Å². The highest BCUT2D eigenvalue weighted by molar-refractivity contribution is 6.62. The minimum Gasteiger partial charge on any atom is -0.394 e. The second-order valence-electron chi connectivity index (χ2n) is 12.1. The number of hydrogen-bond donors (Lipinski definition) is 3. The molecule has 0 aliphatic carbocycles. The van der Waals surface area contributed by atoms with Crippen molar-refractivity contribution in [3.63, 3.8) is 0 Å². The normalized spacial score (nSPS) is 13.5. The lowest BCUT2D eigenvalue weighted by Gasteiger charge is -2.38. The predicted molar refractivity (Wildman–Crippen MR) is 160 cm³/mol. The van der Waals surface area contributed by atoms with Gasteiger partial charge in [-0.2, -0.15) is 0 Å². The quantitative estimate of drug-likeness (QED) is 0.0593. The van der Waals surface area contributed by atoms with E-state index in [-0.39, 0.29) is 45.2 Å². The molecule has 1 unspecified atom stereocenters. The largest absolute Gasteiger partial charge is 0.504 e. The van der Waals surface area contributed by atoms with Crippen LogP contribution in [0.25, 0.3) is 0 Å². The average Bonchev–Trinajstić information content (AvgIpc) is 2.87. The topological polar surface area (TPSA) is 88.4 Å². The zero-order chi connectivity index (χ0) is 28.5. The Hall–Kier alpha value is -0.0631. The second kappa shape index (κ2) is 24.7. The summed E-state index contributed by atoms with van der Waals surface area (Å²) in [6.07, 6.45) is 19.0. The lowest BCUT2D eigenvalue weighted by molar-refractivity contribution is -0.893. The molecule has 0 aromatic rings. The van der Waals surface area contributed by atoms with Gasteiger partial charge in [0, 0.05) is 17.9 Å². The van der Waals surface area contributed by atoms with Gasteiger partial charge >= 0.3 is 8.80 Å². The van der Waals surface area contributed by atoms with Crippen LogP contribution in [0.1, 0.15) is 117 Å². The SMILES string of the molecule is CCCCCCCCCCCCCCCC(CC[N+](C)(C)CC(C)C)[Si](OCCO)(OCCO)OCCO. The van der Waals surface area contributed by atoms with E-state index in [4.69, 9.17) is 13.3 Å². The van der Waals surface area contributed by atoms with Crippen molar-refractivity contribution in [3.05, 3.63) is 0 Å². The fourth-order valence-electron chi connectivity index (χ4n) is 5.53. The molecule has 7 nitrogen and oxygen atoms in total. The fourth-order valence-corrected chi connectivity index (χ4v) is 8.66. The van der Waals surface area contributed by atoms with Crippen molar-refractivity contribution in [2.24, 2.45) is 5.92 Å². The smallest absolute Gasteiger partial charge is 0.394 e. The Morgan fingerprint density at radius 1 is 0.605 bits per heavy atom. The third-order valence-electron chi connectivity index (χ3n) is 7.28. The molecule has 3 N–H and O–H groups in total. The highest BCUT2D eigenvalue weighted by Gasteiger charge is 2.49. The molecule has 0 aliphatic heterocycles. The maximum absolute atomic E-state index is 9.50. The monoisotopic (exact) mass is 564 g/mol. The molecule has 0 saturated carbocycles. The first kappa shape index (κ1) is 37.9. The van der Waals surface area contributed by atoms with Crippen molar-refractivity contribution in [2.45, 2.75) is 123 Å². The Morgan fingerprint density at radius 3 is 1.37 bits per heavy atom. The van der Waals surface area contributed by atoms with Gasteiger partial charge in [0.1, 0.15) is 0 Å². The van der Waals surface area contributed by atoms with Gasteiger partial charge in [0.25, 0.3) is 0 Å². The summed E-state index contributed by atoms with van der Waals surface area (Å²) in [5.74, 6) is 0.605. The van der Waals surface area contributed by atoms with Crippen molar-refractivity contribution >= 4 is 8.80 Å². The number of quaternary nitrogens is 1. The molecule has 1 atom stereocenters. The van der Waals surface area contributed by atoms with Gasteiger partial charge in [-0.1, -0.05) is 104 Å². The molecule has 0 aromatic carbocycles. The van der Waals surface area contributed by atoms with Crippen LogP contribution in [0, 0.1) is 5.92 Å². The highest BCUT2D eigenvalue weighted by atomic mass is 28.4. The van der Waals surface area contributed by atoms with Crippen LogP contribution < -0.4 is 0 Å². The summed E-state index contributed by atoms with van der Waals surface area (Å²) in [7, 11) is 1.31. The highest BCUT2D eigenvalue weighted by Crippen LogP contribution is 2.35. The van der Waals surface area contributed by atoms with E-state index in [0.29, 0.717) is 5.92 Å². The number of unbranched alkanes of at least 4 members (excludes halogenated alkanes) is 12. The fraction of sp³-hybridized carbons (Fsp3) is 1.00. The van der Waals surface area contributed by atoms with Crippen LogP contribution in [0.3, 0.4) is 0 Å². The molecular formula is C30H66NO6Si+. The summed E-state index contributed by atoms with van der Waals surface area (Å²) >= 11 is 0. The Balaban J connectivity index is 4.91. The summed E-state index contributed by atoms with van der Waals surface area (Å²) in [6.45, 7) is 8.93. The van der Waals surface area contributed by atoms with Crippen LogP contribution in [0.4, 0.5) is 0 Å². The first-order valence-electron chi connectivity index (χ1n) is 15.8. The molecule has 0 radical (unpaired) electrons. The third-order valence-corrected chi connectivity index (χ3v) is 10.7.